The summed E-state index contributed by atoms with van der Waals surface area (Å²) in [5, 5.41) is 0. The van der Waals surface area contributed by atoms with E-state index in [1.54, 1.807) is 18.4 Å². The van der Waals surface area contributed by atoms with Crippen molar-refractivity contribution in [1.82, 2.24) is 0 Å². The minimum Gasteiger partial charge on any atom is -0.159 e. The minimum atomic E-state index is 0. The van der Waals surface area contributed by atoms with Crippen molar-refractivity contribution in [1.29, 1.82) is 0 Å². The molecule has 0 amide bonds. The minimum absolute atomic E-state index is 0. The molecule has 3 heteroatoms. The summed E-state index contributed by atoms with van der Waals surface area (Å²) in [7, 11) is 0. The van der Waals surface area contributed by atoms with Crippen LogP contribution in [-0.2, 0) is 21.6 Å². The number of hydrogen-bond acceptors (Lipinski definition) is 1. The molecular formula is C6H6CoNO+3. The molecule has 0 aromatic heterocycles. The summed E-state index contributed by atoms with van der Waals surface area (Å²) in [5.74, 6) is 0. The molecule has 0 N–H and O–H groups in total. The third kappa shape index (κ3) is 2.42. The third-order valence-electron chi connectivity index (χ3n) is 0.933. The molecule has 0 saturated carbocycles. The van der Waals surface area contributed by atoms with E-state index < -0.39 is 0 Å². The number of allylic oxidation sites excluding steroid dienone is 2. The Labute approximate surface area is 63.8 Å². The largest absolute Gasteiger partial charge is 2.00 e. The van der Waals surface area contributed by atoms with Crippen LogP contribution in [0, 0.1) is 0 Å². The maximum atomic E-state index is 9.88. The van der Waals surface area contributed by atoms with Gasteiger partial charge in [0, 0.05) is 6.08 Å². The Morgan fingerprint density at radius 3 is 2.56 bits per heavy atom. The number of carbonyl (C=O) groups excluding carboxylic acids is 1. The number of rotatable bonds is 0. The molecule has 0 fully saturated rings. The van der Waals surface area contributed by atoms with Gasteiger partial charge < -0.3 is 0 Å². The van der Waals surface area contributed by atoms with Crippen molar-refractivity contribution in [2.75, 3.05) is 6.54 Å². The second kappa shape index (κ2) is 4.27. The first-order valence-corrected chi connectivity index (χ1v) is 2.41. The first-order chi connectivity index (χ1) is 3.93. The van der Waals surface area contributed by atoms with Gasteiger partial charge in [-0.25, -0.2) is 0 Å². The molecule has 0 unspecified atom stereocenters. The van der Waals surface area contributed by atoms with Crippen LogP contribution in [0.4, 0.5) is 0 Å². The average Bonchev–Trinajstić information content (AvgIpc) is 1.90. The Morgan fingerprint density at radius 1 is 1.44 bits per heavy atom. The SMILES string of the molecule is O=C=[N+]1C=CC=CC1.[Co+2]. The van der Waals surface area contributed by atoms with Crippen LogP contribution in [0.2, 0.25) is 0 Å². The van der Waals surface area contributed by atoms with Crippen molar-refractivity contribution < 1.29 is 26.1 Å². The van der Waals surface area contributed by atoms with Crippen LogP contribution in [0.5, 0.6) is 0 Å². The zero-order valence-electron chi connectivity index (χ0n) is 4.71. The van der Waals surface area contributed by atoms with Gasteiger partial charge in [-0.1, -0.05) is 6.08 Å². The van der Waals surface area contributed by atoms with E-state index >= 15 is 0 Å². The number of hydrogen-bond donors (Lipinski definition) is 0. The summed E-state index contributed by atoms with van der Waals surface area (Å²) in [6.07, 6.45) is 9.03. The normalized spacial score (nSPS) is 14.4. The summed E-state index contributed by atoms with van der Waals surface area (Å²) >= 11 is 0. The van der Waals surface area contributed by atoms with E-state index in [0.717, 1.165) is 0 Å². The van der Waals surface area contributed by atoms with Gasteiger partial charge in [-0.15, -0.1) is 4.58 Å². The van der Waals surface area contributed by atoms with Crippen LogP contribution < -0.4 is 0 Å². The Hall–Kier alpha value is -0.634. The predicted molar refractivity (Wildman–Crippen MR) is 29.1 cm³/mol. The molecule has 1 heterocycles. The number of isocyanates is 1. The average molecular weight is 167 g/mol. The topological polar surface area (TPSA) is 20.1 Å². The molecule has 0 aromatic carbocycles. The molecule has 0 aliphatic carbocycles. The molecular weight excluding hydrogens is 161 g/mol. The van der Waals surface area contributed by atoms with Crippen LogP contribution in [0.3, 0.4) is 0 Å². The maximum absolute atomic E-state index is 9.88. The van der Waals surface area contributed by atoms with Gasteiger partial charge in [-0.05, 0) is 6.08 Å². The van der Waals surface area contributed by atoms with Crippen LogP contribution in [0.1, 0.15) is 0 Å². The summed E-state index contributed by atoms with van der Waals surface area (Å²) in [4.78, 5) is 9.88. The van der Waals surface area contributed by atoms with E-state index in [-0.39, 0.29) is 16.8 Å². The summed E-state index contributed by atoms with van der Waals surface area (Å²) < 4.78 is 1.44. The van der Waals surface area contributed by atoms with Gasteiger partial charge in [0.2, 0.25) is 0 Å². The van der Waals surface area contributed by atoms with Gasteiger partial charge in [-0.3, -0.25) is 0 Å². The molecule has 0 atom stereocenters. The third-order valence-corrected chi connectivity index (χ3v) is 0.933. The monoisotopic (exact) mass is 167 g/mol. The molecule has 0 spiro atoms. The van der Waals surface area contributed by atoms with E-state index in [4.69, 9.17) is 0 Å². The van der Waals surface area contributed by atoms with Gasteiger partial charge in [0.05, 0.1) is 0 Å². The Kier molecular flexibility index (Phi) is 3.97. The Morgan fingerprint density at radius 2 is 2.22 bits per heavy atom. The van der Waals surface area contributed by atoms with Gasteiger partial charge in [-0.2, -0.15) is 4.79 Å². The Balaban J connectivity index is 0.000000640. The summed E-state index contributed by atoms with van der Waals surface area (Å²) in [6.45, 7) is 0.653. The van der Waals surface area contributed by atoms with Crippen molar-refractivity contribution >= 4 is 6.08 Å². The van der Waals surface area contributed by atoms with Crippen LogP contribution in [0.25, 0.3) is 0 Å². The van der Waals surface area contributed by atoms with Crippen LogP contribution in [-0.4, -0.2) is 17.2 Å². The van der Waals surface area contributed by atoms with Gasteiger partial charge in [0.25, 0.3) is 0 Å². The Bertz CT molecular complexity index is 189. The molecule has 0 saturated heterocycles. The van der Waals surface area contributed by atoms with Crippen molar-refractivity contribution in [3.8, 4) is 0 Å². The first kappa shape index (κ1) is 8.37. The predicted octanol–water partition coefficient (Wildman–Crippen LogP) is 0.416. The van der Waals surface area contributed by atoms with E-state index in [1.807, 2.05) is 12.2 Å². The fourth-order valence-corrected chi connectivity index (χ4v) is 0.535. The quantitative estimate of drug-likeness (QED) is 0.378. The second-order valence-corrected chi connectivity index (χ2v) is 1.51. The molecule has 47 valence electrons. The number of nitrogens with zero attached hydrogens (tertiary/aromatic N) is 1. The molecule has 1 rings (SSSR count). The molecule has 2 nitrogen and oxygen atoms in total. The van der Waals surface area contributed by atoms with Crippen molar-refractivity contribution in [2.24, 2.45) is 0 Å². The summed E-state index contributed by atoms with van der Waals surface area (Å²) in [6, 6.07) is 0. The molecule has 1 aliphatic heterocycles. The smallest absolute Gasteiger partial charge is 0.159 e. The fraction of sp³-hybridized carbons (Fsp3) is 0.167. The zero-order chi connectivity index (χ0) is 5.82. The second-order valence-electron chi connectivity index (χ2n) is 1.51. The summed E-state index contributed by atoms with van der Waals surface area (Å²) in [5.41, 5.74) is 0. The molecule has 1 radical (unpaired) electrons. The van der Waals surface area contributed by atoms with E-state index in [1.165, 1.54) is 4.58 Å². The van der Waals surface area contributed by atoms with E-state index in [0.29, 0.717) is 6.54 Å². The van der Waals surface area contributed by atoms with E-state index in [9.17, 15) is 4.79 Å². The van der Waals surface area contributed by atoms with Gasteiger partial charge >= 0.3 is 22.9 Å². The van der Waals surface area contributed by atoms with Crippen molar-refractivity contribution in [3.63, 3.8) is 0 Å². The van der Waals surface area contributed by atoms with Crippen molar-refractivity contribution in [3.05, 3.63) is 24.4 Å². The van der Waals surface area contributed by atoms with Gasteiger partial charge in [0.15, 0.2) is 12.7 Å². The maximum Gasteiger partial charge on any atom is 2.00 e. The molecule has 0 aromatic rings. The molecule has 9 heavy (non-hydrogen) atoms. The molecule has 1 aliphatic rings. The van der Waals surface area contributed by atoms with Crippen LogP contribution >= 0.6 is 0 Å². The van der Waals surface area contributed by atoms with E-state index in [2.05, 4.69) is 0 Å². The zero-order valence-corrected chi connectivity index (χ0v) is 5.75. The fourth-order valence-electron chi connectivity index (χ4n) is 0.535. The first-order valence-electron chi connectivity index (χ1n) is 2.41. The standard InChI is InChI=1S/C6H6NO.Co/c8-6-7-4-2-1-3-5-7;/h1-4H,5H2;/q+1;+2. The van der Waals surface area contributed by atoms with Crippen molar-refractivity contribution in [2.45, 2.75) is 0 Å². The van der Waals surface area contributed by atoms with Gasteiger partial charge in [0.1, 0.15) is 0 Å². The molecule has 0 bridgehead atoms. The van der Waals surface area contributed by atoms with Crippen LogP contribution in [0.15, 0.2) is 24.4 Å².